The van der Waals surface area contributed by atoms with Crippen LogP contribution in [0, 0.1) is 0 Å². The molecule has 0 bridgehead atoms. The molecule has 186 valence electrons. The molecule has 0 saturated carbocycles. The topological polar surface area (TPSA) is 32.7 Å². The van der Waals surface area contributed by atoms with Gasteiger partial charge in [-0.25, -0.2) is 0 Å². The predicted octanol–water partition coefficient (Wildman–Crippen LogP) is 7.63. The molecule has 2 aliphatic rings. The summed E-state index contributed by atoms with van der Waals surface area (Å²) in [6.45, 7) is 2.25. The maximum Gasteiger partial charge on any atom is 0.0963 e. The highest BCUT2D eigenvalue weighted by Gasteiger charge is 2.21. The number of aliphatic hydroxyl groups excluding tert-OH is 1. The first kappa shape index (κ1) is 25.9. The largest absolute Gasteiger partial charge is 0.498 e. The Morgan fingerprint density at radius 3 is 2.46 bits per heavy atom. The number of allylic oxidation sites excluding steroid dienone is 6. The summed E-state index contributed by atoms with van der Waals surface area (Å²) in [7, 11) is 2.23. The second-order valence-electron chi connectivity index (χ2n) is 9.65. The number of aliphatic hydroxyl groups is 1. The molecule has 1 atom stereocenters. The van der Waals surface area contributed by atoms with Gasteiger partial charge >= 0.3 is 0 Å². The number of rotatable bonds is 11. The fourth-order valence-corrected chi connectivity index (χ4v) is 5.52. The van der Waals surface area contributed by atoms with Crippen molar-refractivity contribution in [2.45, 2.75) is 57.4 Å². The monoisotopic (exact) mass is 535 g/mol. The average molecular weight is 537 g/mol. The molecule has 0 aromatic heterocycles. The van der Waals surface area contributed by atoms with E-state index in [1.807, 2.05) is 0 Å². The molecule has 1 aliphatic heterocycles. The first-order valence-corrected chi connectivity index (χ1v) is 13.8. The first-order chi connectivity index (χ1) is 17.2. The second-order valence-corrected chi connectivity index (χ2v) is 10.6. The Balaban J connectivity index is 1.61. The van der Waals surface area contributed by atoms with Gasteiger partial charge < -0.3 is 14.7 Å². The van der Waals surface area contributed by atoms with Crippen LogP contribution in [-0.4, -0.2) is 42.9 Å². The molecule has 35 heavy (non-hydrogen) atoms. The van der Waals surface area contributed by atoms with Gasteiger partial charge in [0.25, 0.3) is 0 Å². The quantitative estimate of drug-likeness (QED) is 0.237. The van der Waals surface area contributed by atoms with Gasteiger partial charge in [0.15, 0.2) is 0 Å². The summed E-state index contributed by atoms with van der Waals surface area (Å²) in [6, 6.07) is 20.1. The van der Waals surface area contributed by atoms with Gasteiger partial charge in [-0.3, -0.25) is 0 Å². The SMILES string of the molecule is CN1CCCC1CCOC1=CC=C(/C(=C(/CCCCO)c2ccccc2)c2ccc(Br)cc2)CC1. The van der Waals surface area contributed by atoms with E-state index in [0.717, 1.165) is 55.4 Å². The van der Waals surface area contributed by atoms with Crippen molar-refractivity contribution in [3.8, 4) is 0 Å². The molecule has 2 aromatic rings. The normalized spacial score (nSPS) is 19.2. The Labute approximate surface area is 219 Å². The molecular weight excluding hydrogens is 498 g/mol. The van der Waals surface area contributed by atoms with Gasteiger partial charge in [-0.2, -0.15) is 0 Å². The molecule has 3 nitrogen and oxygen atoms in total. The van der Waals surface area contributed by atoms with E-state index >= 15 is 0 Å². The Morgan fingerprint density at radius 2 is 1.80 bits per heavy atom. The number of ether oxygens (including phenoxy) is 1. The van der Waals surface area contributed by atoms with Crippen molar-refractivity contribution in [3.63, 3.8) is 0 Å². The molecule has 0 spiro atoms. The highest BCUT2D eigenvalue weighted by atomic mass is 79.9. The highest BCUT2D eigenvalue weighted by Crippen LogP contribution is 2.39. The minimum Gasteiger partial charge on any atom is -0.498 e. The Hall–Kier alpha value is -2.14. The summed E-state index contributed by atoms with van der Waals surface area (Å²) in [6.07, 6.45) is 12.8. The van der Waals surface area contributed by atoms with E-state index in [0.29, 0.717) is 6.04 Å². The van der Waals surface area contributed by atoms with Crippen molar-refractivity contribution in [2.75, 3.05) is 26.8 Å². The number of nitrogens with zero attached hydrogens (tertiary/aromatic N) is 1. The molecule has 1 fully saturated rings. The summed E-state index contributed by atoms with van der Waals surface area (Å²) in [5.74, 6) is 1.10. The van der Waals surface area contributed by atoms with Crippen molar-refractivity contribution < 1.29 is 9.84 Å². The van der Waals surface area contributed by atoms with Gasteiger partial charge in [0, 0.05) is 23.5 Å². The highest BCUT2D eigenvalue weighted by molar-refractivity contribution is 9.10. The van der Waals surface area contributed by atoms with E-state index in [1.54, 1.807) is 0 Å². The summed E-state index contributed by atoms with van der Waals surface area (Å²) < 4.78 is 7.29. The van der Waals surface area contributed by atoms with Crippen LogP contribution in [0.3, 0.4) is 0 Å². The molecular formula is C31H38BrNO2. The van der Waals surface area contributed by atoms with Gasteiger partial charge in [-0.1, -0.05) is 64.5 Å². The van der Waals surface area contributed by atoms with E-state index in [9.17, 15) is 5.11 Å². The molecule has 0 radical (unpaired) electrons. The van der Waals surface area contributed by atoms with E-state index in [4.69, 9.17) is 4.74 Å². The van der Waals surface area contributed by atoms with Crippen LogP contribution in [0.2, 0.25) is 0 Å². The third kappa shape index (κ3) is 7.19. The summed E-state index contributed by atoms with van der Waals surface area (Å²) in [4.78, 5) is 2.47. The lowest BCUT2D eigenvalue weighted by Gasteiger charge is -2.23. The molecule has 2 aromatic carbocycles. The predicted molar refractivity (Wildman–Crippen MR) is 150 cm³/mol. The molecule has 1 unspecified atom stereocenters. The second kappa shape index (κ2) is 13.2. The van der Waals surface area contributed by atoms with Crippen LogP contribution in [0.1, 0.15) is 62.5 Å². The number of hydrogen-bond acceptors (Lipinski definition) is 3. The zero-order chi connectivity index (χ0) is 24.5. The summed E-state index contributed by atoms with van der Waals surface area (Å²) in [5.41, 5.74) is 6.54. The van der Waals surface area contributed by atoms with Gasteiger partial charge in [-0.05, 0) is 105 Å². The lowest BCUT2D eigenvalue weighted by Crippen LogP contribution is -2.26. The third-order valence-electron chi connectivity index (χ3n) is 7.23. The molecule has 1 N–H and O–H groups in total. The minimum absolute atomic E-state index is 0.235. The van der Waals surface area contributed by atoms with Crippen LogP contribution in [0.25, 0.3) is 11.1 Å². The van der Waals surface area contributed by atoms with E-state index in [1.165, 1.54) is 47.2 Å². The van der Waals surface area contributed by atoms with Gasteiger partial charge in [0.05, 0.1) is 12.4 Å². The smallest absolute Gasteiger partial charge is 0.0963 e. The fourth-order valence-electron chi connectivity index (χ4n) is 5.25. The molecule has 4 rings (SSSR count). The van der Waals surface area contributed by atoms with E-state index in [2.05, 4.69) is 94.6 Å². The third-order valence-corrected chi connectivity index (χ3v) is 7.76. The van der Waals surface area contributed by atoms with Crippen molar-refractivity contribution in [2.24, 2.45) is 0 Å². The van der Waals surface area contributed by atoms with Crippen molar-refractivity contribution in [1.29, 1.82) is 0 Å². The van der Waals surface area contributed by atoms with Crippen LogP contribution < -0.4 is 0 Å². The average Bonchev–Trinajstić information content (AvgIpc) is 3.30. The van der Waals surface area contributed by atoms with Crippen LogP contribution in [0.5, 0.6) is 0 Å². The van der Waals surface area contributed by atoms with Gasteiger partial charge in [0.2, 0.25) is 0 Å². The molecule has 1 aliphatic carbocycles. The maximum atomic E-state index is 9.41. The zero-order valence-electron chi connectivity index (χ0n) is 20.9. The summed E-state index contributed by atoms with van der Waals surface area (Å²) >= 11 is 3.60. The van der Waals surface area contributed by atoms with Crippen molar-refractivity contribution in [3.05, 3.63) is 93.7 Å². The first-order valence-electron chi connectivity index (χ1n) is 13.0. The van der Waals surface area contributed by atoms with E-state index in [-0.39, 0.29) is 6.61 Å². The molecule has 1 heterocycles. The van der Waals surface area contributed by atoms with Gasteiger partial charge in [0.1, 0.15) is 0 Å². The maximum absolute atomic E-state index is 9.41. The minimum atomic E-state index is 0.235. The Morgan fingerprint density at radius 1 is 1.00 bits per heavy atom. The van der Waals surface area contributed by atoms with Crippen LogP contribution in [-0.2, 0) is 4.74 Å². The number of benzene rings is 2. The van der Waals surface area contributed by atoms with Crippen molar-refractivity contribution in [1.82, 2.24) is 4.90 Å². The molecule has 0 amide bonds. The standard InChI is InChI=1S/C31H38BrNO2/c1-33-21-7-10-28(33)20-23-35-29-18-14-26(15-19-29)31(25-12-16-27(32)17-13-25)30(11-5-6-22-34)24-8-3-2-4-9-24/h2-4,8-9,12-14,16-18,28,34H,5-7,10-11,15,19-23H2,1H3/b31-30-. The lowest BCUT2D eigenvalue weighted by molar-refractivity contribution is 0.166. The van der Waals surface area contributed by atoms with E-state index < -0.39 is 0 Å². The number of hydrogen-bond donors (Lipinski definition) is 1. The van der Waals surface area contributed by atoms with Gasteiger partial charge in [-0.15, -0.1) is 0 Å². The zero-order valence-corrected chi connectivity index (χ0v) is 22.5. The lowest BCUT2D eigenvalue weighted by atomic mass is 9.84. The van der Waals surface area contributed by atoms with Crippen molar-refractivity contribution >= 4 is 27.1 Å². The number of unbranched alkanes of at least 4 members (excludes halogenated alkanes) is 1. The number of halogens is 1. The number of likely N-dealkylation sites (tertiary alicyclic amines) is 1. The Kier molecular flexibility index (Phi) is 9.82. The van der Waals surface area contributed by atoms with Crippen LogP contribution in [0.4, 0.5) is 0 Å². The fraction of sp³-hybridized carbons (Fsp3) is 0.419. The van der Waals surface area contributed by atoms with Crippen LogP contribution in [0.15, 0.2) is 82.6 Å². The molecule has 4 heteroatoms. The summed E-state index contributed by atoms with van der Waals surface area (Å²) in [5, 5.41) is 9.41. The molecule has 1 saturated heterocycles. The Bertz CT molecular complexity index is 1040. The van der Waals surface area contributed by atoms with Crippen LogP contribution >= 0.6 is 15.9 Å².